The van der Waals surface area contributed by atoms with E-state index in [0.29, 0.717) is 6.42 Å². The SMILES string of the molecule is C=C.CCCCCCCC(=O)O.CCO. The minimum Gasteiger partial charge on any atom is -0.481 e. The van der Waals surface area contributed by atoms with E-state index in [-0.39, 0.29) is 6.61 Å². The fourth-order valence-electron chi connectivity index (χ4n) is 0.880. The molecule has 0 aliphatic heterocycles. The highest BCUT2D eigenvalue weighted by Crippen LogP contribution is 2.04. The van der Waals surface area contributed by atoms with Gasteiger partial charge in [0.2, 0.25) is 0 Å². The van der Waals surface area contributed by atoms with Crippen LogP contribution in [0.2, 0.25) is 0 Å². The summed E-state index contributed by atoms with van der Waals surface area (Å²) >= 11 is 0. The zero-order valence-electron chi connectivity index (χ0n) is 10.2. The second-order valence-corrected chi connectivity index (χ2v) is 2.87. The second-order valence-electron chi connectivity index (χ2n) is 2.87. The molecule has 0 aromatic rings. The summed E-state index contributed by atoms with van der Waals surface area (Å²) in [6.45, 7) is 10.1. The van der Waals surface area contributed by atoms with Crippen LogP contribution in [-0.4, -0.2) is 22.8 Å². The molecule has 2 N–H and O–H groups in total. The molecule has 0 unspecified atom stereocenters. The molecular formula is C12H26O3. The van der Waals surface area contributed by atoms with Gasteiger partial charge >= 0.3 is 5.97 Å². The van der Waals surface area contributed by atoms with Gasteiger partial charge in [-0.05, 0) is 13.3 Å². The number of carbonyl (C=O) groups is 1. The summed E-state index contributed by atoms with van der Waals surface area (Å²) in [6.07, 6.45) is 5.88. The van der Waals surface area contributed by atoms with Crippen molar-refractivity contribution in [3.63, 3.8) is 0 Å². The topological polar surface area (TPSA) is 57.5 Å². The Labute approximate surface area is 93.8 Å². The third kappa shape index (κ3) is 43.2. The van der Waals surface area contributed by atoms with Gasteiger partial charge in [-0.1, -0.05) is 32.6 Å². The lowest BCUT2D eigenvalue weighted by atomic mass is 10.1. The molecule has 0 aliphatic rings. The minimum absolute atomic E-state index is 0.250. The summed E-state index contributed by atoms with van der Waals surface area (Å²) in [5.41, 5.74) is 0. The molecule has 0 saturated carbocycles. The highest BCUT2D eigenvalue weighted by molar-refractivity contribution is 5.66. The zero-order valence-corrected chi connectivity index (χ0v) is 10.2. The molecule has 3 heteroatoms. The summed E-state index contributed by atoms with van der Waals surface area (Å²) in [6, 6.07) is 0. The predicted octanol–water partition coefficient (Wildman–Crippen LogP) is 3.23. The first-order chi connectivity index (χ1) is 7.18. The van der Waals surface area contributed by atoms with E-state index in [1.54, 1.807) is 6.92 Å². The van der Waals surface area contributed by atoms with Gasteiger partial charge in [0.05, 0.1) is 0 Å². The lowest BCUT2D eigenvalue weighted by Gasteiger charge is -1.95. The molecule has 0 bridgehead atoms. The van der Waals surface area contributed by atoms with Crippen molar-refractivity contribution in [1.82, 2.24) is 0 Å². The van der Waals surface area contributed by atoms with Crippen LogP contribution in [0.25, 0.3) is 0 Å². The van der Waals surface area contributed by atoms with Gasteiger partial charge in [0.15, 0.2) is 0 Å². The molecule has 3 nitrogen and oxygen atoms in total. The fourth-order valence-corrected chi connectivity index (χ4v) is 0.880. The lowest BCUT2D eigenvalue weighted by molar-refractivity contribution is -0.137. The molecule has 0 rings (SSSR count). The highest BCUT2D eigenvalue weighted by Gasteiger charge is 1.94. The van der Waals surface area contributed by atoms with Crippen LogP contribution in [-0.2, 0) is 4.79 Å². The van der Waals surface area contributed by atoms with Crippen molar-refractivity contribution in [2.24, 2.45) is 0 Å². The Hall–Kier alpha value is -0.830. The molecule has 0 aromatic carbocycles. The molecule has 0 saturated heterocycles. The maximum atomic E-state index is 10.0. The summed E-state index contributed by atoms with van der Waals surface area (Å²) < 4.78 is 0. The zero-order chi connectivity index (χ0) is 12.5. The largest absolute Gasteiger partial charge is 0.481 e. The van der Waals surface area contributed by atoms with E-state index in [1.807, 2.05) is 0 Å². The Balaban J connectivity index is -0.000000245. The smallest absolute Gasteiger partial charge is 0.303 e. The lowest BCUT2D eigenvalue weighted by Crippen LogP contribution is -1.93. The molecule has 0 spiro atoms. The highest BCUT2D eigenvalue weighted by atomic mass is 16.4. The average Bonchev–Trinajstić information content (AvgIpc) is 2.21. The van der Waals surface area contributed by atoms with Crippen molar-refractivity contribution >= 4 is 5.97 Å². The van der Waals surface area contributed by atoms with Crippen molar-refractivity contribution in [2.75, 3.05) is 6.61 Å². The van der Waals surface area contributed by atoms with Crippen LogP contribution >= 0.6 is 0 Å². The van der Waals surface area contributed by atoms with Crippen LogP contribution in [0.15, 0.2) is 13.2 Å². The molecular weight excluding hydrogens is 192 g/mol. The number of aliphatic hydroxyl groups excluding tert-OH is 1. The molecule has 0 aromatic heterocycles. The molecule has 0 atom stereocenters. The number of aliphatic hydroxyl groups is 1. The Bertz CT molecular complexity index is 113. The first-order valence-electron chi connectivity index (χ1n) is 5.51. The van der Waals surface area contributed by atoms with Gasteiger partial charge in [-0.25, -0.2) is 0 Å². The van der Waals surface area contributed by atoms with Gasteiger partial charge in [0.1, 0.15) is 0 Å². The third-order valence-corrected chi connectivity index (χ3v) is 1.49. The first kappa shape index (κ1) is 19.7. The van der Waals surface area contributed by atoms with E-state index < -0.39 is 5.97 Å². The number of aliphatic carboxylic acids is 1. The quantitative estimate of drug-likeness (QED) is 0.531. The number of hydrogen-bond donors (Lipinski definition) is 2. The Morgan fingerprint density at radius 1 is 1.07 bits per heavy atom. The number of hydrogen-bond acceptors (Lipinski definition) is 2. The van der Waals surface area contributed by atoms with Crippen LogP contribution in [0.4, 0.5) is 0 Å². The van der Waals surface area contributed by atoms with Gasteiger partial charge in [-0.3, -0.25) is 4.79 Å². The number of unbranched alkanes of at least 4 members (excludes halogenated alkanes) is 4. The van der Waals surface area contributed by atoms with E-state index in [4.69, 9.17) is 10.2 Å². The van der Waals surface area contributed by atoms with Crippen LogP contribution in [0.5, 0.6) is 0 Å². The van der Waals surface area contributed by atoms with E-state index in [9.17, 15) is 4.79 Å². The molecule has 0 aliphatic carbocycles. The van der Waals surface area contributed by atoms with Gasteiger partial charge in [-0.15, -0.1) is 13.2 Å². The van der Waals surface area contributed by atoms with Crippen LogP contribution in [0.1, 0.15) is 52.4 Å². The first-order valence-corrected chi connectivity index (χ1v) is 5.51. The molecule has 0 radical (unpaired) electrons. The number of carboxylic acid groups (broad SMARTS) is 1. The van der Waals surface area contributed by atoms with Gasteiger partial charge in [-0.2, -0.15) is 0 Å². The molecule has 0 amide bonds. The van der Waals surface area contributed by atoms with Gasteiger partial charge in [0.25, 0.3) is 0 Å². The van der Waals surface area contributed by atoms with Crippen LogP contribution < -0.4 is 0 Å². The van der Waals surface area contributed by atoms with Gasteiger partial charge in [0, 0.05) is 13.0 Å². The van der Waals surface area contributed by atoms with E-state index in [0.717, 1.165) is 12.8 Å². The number of carboxylic acids is 1. The van der Waals surface area contributed by atoms with E-state index in [2.05, 4.69) is 20.1 Å². The van der Waals surface area contributed by atoms with Crippen LogP contribution in [0.3, 0.4) is 0 Å². The standard InChI is InChI=1S/C8H16O2.C2H6O.C2H4/c1-2-3-4-5-6-7-8(9)10;1-2-3;1-2/h2-7H2,1H3,(H,9,10);3H,2H2,1H3;1-2H2. The van der Waals surface area contributed by atoms with Crippen LogP contribution in [0, 0.1) is 0 Å². The fraction of sp³-hybridized carbons (Fsp3) is 0.750. The van der Waals surface area contributed by atoms with Crippen molar-refractivity contribution in [2.45, 2.75) is 52.4 Å². The second kappa shape index (κ2) is 23.2. The summed E-state index contributed by atoms with van der Waals surface area (Å²) in [4.78, 5) is 10.0. The maximum Gasteiger partial charge on any atom is 0.303 e. The Morgan fingerprint density at radius 3 is 1.80 bits per heavy atom. The molecule has 0 heterocycles. The Morgan fingerprint density at radius 2 is 1.47 bits per heavy atom. The normalized spacial score (nSPS) is 7.93. The monoisotopic (exact) mass is 218 g/mol. The van der Waals surface area contributed by atoms with Crippen molar-refractivity contribution in [3.8, 4) is 0 Å². The van der Waals surface area contributed by atoms with E-state index in [1.165, 1.54) is 19.3 Å². The average molecular weight is 218 g/mol. The molecule has 15 heavy (non-hydrogen) atoms. The molecule has 92 valence electrons. The van der Waals surface area contributed by atoms with E-state index >= 15 is 0 Å². The van der Waals surface area contributed by atoms with Crippen molar-refractivity contribution < 1.29 is 15.0 Å². The summed E-state index contributed by atoms with van der Waals surface area (Å²) in [7, 11) is 0. The van der Waals surface area contributed by atoms with Crippen molar-refractivity contribution in [3.05, 3.63) is 13.2 Å². The predicted molar refractivity (Wildman–Crippen MR) is 65.0 cm³/mol. The maximum absolute atomic E-state index is 10.0. The minimum atomic E-state index is -0.670. The van der Waals surface area contributed by atoms with Gasteiger partial charge < -0.3 is 10.2 Å². The summed E-state index contributed by atoms with van der Waals surface area (Å²) in [5.74, 6) is -0.670. The summed E-state index contributed by atoms with van der Waals surface area (Å²) in [5, 5.41) is 15.8. The Kier molecular flexibility index (Phi) is 30.5. The molecule has 0 fully saturated rings. The van der Waals surface area contributed by atoms with Crippen molar-refractivity contribution in [1.29, 1.82) is 0 Å². The number of rotatable bonds is 6. The third-order valence-electron chi connectivity index (χ3n) is 1.49.